The summed E-state index contributed by atoms with van der Waals surface area (Å²) < 4.78 is 0. The molecule has 2 aliphatic carbocycles. The van der Waals surface area contributed by atoms with Crippen LogP contribution in [-0.2, 0) is 0 Å². The quantitative estimate of drug-likeness (QED) is 0.675. The topological polar surface area (TPSA) is 101 Å². The molecule has 0 bridgehead atoms. The molecule has 5 heteroatoms. The predicted molar refractivity (Wildman–Crippen MR) is 85.3 cm³/mol. The second kappa shape index (κ2) is 7.95. The van der Waals surface area contributed by atoms with E-state index >= 15 is 0 Å². The van der Waals surface area contributed by atoms with Crippen molar-refractivity contribution in [2.45, 2.75) is 13.8 Å². The van der Waals surface area contributed by atoms with Crippen molar-refractivity contribution in [3.63, 3.8) is 0 Å². The molecule has 0 fully saturated rings. The van der Waals surface area contributed by atoms with Crippen molar-refractivity contribution in [1.82, 2.24) is 0 Å². The fourth-order valence-corrected chi connectivity index (χ4v) is 1.77. The summed E-state index contributed by atoms with van der Waals surface area (Å²) in [7, 11) is 0. The smallest absolute Gasteiger partial charge is 0.335 e. The number of aromatic carboxylic acids is 2. The second-order valence-corrected chi connectivity index (χ2v) is 4.58. The average Bonchev–Trinajstić information content (AvgIpc) is 3.06. The van der Waals surface area contributed by atoms with E-state index in [0.717, 1.165) is 6.54 Å². The highest BCUT2D eigenvalue weighted by atomic mass is 16.4. The maximum Gasteiger partial charge on any atom is 0.335 e. The van der Waals surface area contributed by atoms with Gasteiger partial charge in [-0.05, 0) is 48.4 Å². The van der Waals surface area contributed by atoms with Crippen LogP contribution >= 0.6 is 0 Å². The van der Waals surface area contributed by atoms with E-state index in [-0.39, 0.29) is 16.7 Å². The van der Waals surface area contributed by atoms with Gasteiger partial charge in [-0.25, -0.2) is 9.59 Å². The van der Waals surface area contributed by atoms with Crippen LogP contribution < -0.4 is 5.73 Å². The summed E-state index contributed by atoms with van der Waals surface area (Å²) in [4.78, 5) is 21.2. The average molecular weight is 301 g/mol. The van der Waals surface area contributed by atoms with Gasteiger partial charge in [-0.3, -0.25) is 0 Å². The minimum atomic E-state index is -1.11. The number of carboxylic acids is 2. The summed E-state index contributed by atoms with van der Waals surface area (Å²) in [6, 6.07) is 12.7. The highest BCUT2D eigenvalue weighted by molar-refractivity contribution is 5.96. The van der Waals surface area contributed by atoms with Crippen LogP contribution in [0.3, 0.4) is 0 Å². The maximum atomic E-state index is 10.6. The lowest BCUT2D eigenvalue weighted by Gasteiger charge is -2.03. The van der Waals surface area contributed by atoms with Gasteiger partial charge in [0.15, 0.2) is 0 Å². The van der Waals surface area contributed by atoms with Crippen molar-refractivity contribution in [2.24, 2.45) is 5.73 Å². The minimum Gasteiger partial charge on any atom is -0.478 e. The molecule has 0 aromatic heterocycles. The fraction of sp³-hybridized carbons (Fsp3) is 0.176. The summed E-state index contributed by atoms with van der Waals surface area (Å²) in [5.74, 6) is -2.22. The number of rotatable bonds is 2. The molecule has 3 rings (SSSR count). The largest absolute Gasteiger partial charge is 0.478 e. The third kappa shape index (κ3) is 4.71. The number of hydrogen-bond donors (Lipinski definition) is 3. The van der Waals surface area contributed by atoms with Crippen molar-refractivity contribution >= 4 is 11.9 Å². The number of carbonyl (C=O) groups is 2. The van der Waals surface area contributed by atoms with E-state index in [1.807, 2.05) is 6.92 Å². The van der Waals surface area contributed by atoms with E-state index in [0.29, 0.717) is 0 Å². The Hall–Kier alpha value is -2.66. The van der Waals surface area contributed by atoms with Gasteiger partial charge in [0.2, 0.25) is 0 Å². The predicted octanol–water partition coefficient (Wildman–Crippen LogP) is 3.02. The summed E-state index contributed by atoms with van der Waals surface area (Å²) in [6.45, 7) is 4.13. The van der Waals surface area contributed by atoms with Crippen molar-refractivity contribution < 1.29 is 19.8 Å². The van der Waals surface area contributed by atoms with E-state index in [9.17, 15) is 9.59 Å². The Morgan fingerprint density at radius 3 is 1.55 bits per heavy atom. The first-order chi connectivity index (χ1) is 10.4. The molecule has 0 spiro atoms. The minimum absolute atomic E-state index is 0.0277. The molecule has 4 N–H and O–H groups in total. The van der Waals surface area contributed by atoms with Crippen molar-refractivity contribution in [1.29, 1.82) is 0 Å². The van der Waals surface area contributed by atoms with Gasteiger partial charge in [-0.1, -0.05) is 31.2 Å². The zero-order valence-electron chi connectivity index (χ0n) is 12.5. The Morgan fingerprint density at radius 2 is 1.32 bits per heavy atom. The van der Waals surface area contributed by atoms with E-state index in [2.05, 4.69) is 24.3 Å². The molecule has 2 aliphatic rings. The first kappa shape index (κ1) is 17.4. The second-order valence-electron chi connectivity index (χ2n) is 4.58. The molecule has 0 unspecified atom stereocenters. The maximum absolute atomic E-state index is 10.6. The monoisotopic (exact) mass is 301 g/mol. The van der Waals surface area contributed by atoms with Crippen LogP contribution in [0.25, 0.3) is 11.1 Å². The molecular formula is C17H19NO4. The van der Waals surface area contributed by atoms with Gasteiger partial charge in [0, 0.05) is 0 Å². The Morgan fingerprint density at radius 1 is 0.955 bits per heavy atom. The van der Waals surface area contributed by atoms with E-state index in [4.69, 9.17) is 15.9 Å². The molecular weight excluding hydrogens is 282 g/mol. The van der Waals surface area contributed by atoms with Crippen LogP contribution in [0.4, 0.5) is 0 Å². The number of fused-ring (bicyclic) bond motifs is 1. The van der Waals surface area contributed by atoms with Crippen molar-refractivity contribution in [3.8, 4) is 11.1 Å². The van der Waals surface area contributed by atoms with Gasteiger partial charge in [0.1, 0.15) is 0 Å². The van der Waals surface area contributed by atoms with Crippen LogP contribution in [0.5, 0.6) is 0 Å². The lowest BCUT2D eigenvalue weighted by atomic mass is 10.0. The summed E-state index contributed by atoms with van der Waals surface area (Å²) in [5.41, 5.74) is 8.03. The number of benzene rings is 2. The van der Waals surface area contributed by atoms with Crippen LogP contribution in [0.1, 0.15) is 33.2 Å². The lowest BCUT2D eigenvalue weighted by molar-refractivity contribution is 0.0696. The molecule has 0 heterocycles. The fourth-order valence-electron chi connectivity index (χ4n) is 1.77. The van der Waals surface area contributed by atoms with Gasteiger partial charge >= 0.3 is 11.9 Å². The molecule has 0 atom stereocenters. The molecule has 1 aromatic carbocycles. The first-order valence-electron chi connectivity index (χ1n) is 6.79. The molecule has 0 saturated carbocycles. The van der Waals surface area contributed by atoms with Gasteiger partial charge in [-0.2, -0.15) is 0 Å². The standard InChI is InChI=1S/C9H8O4.C6H4.C2H7N/c1-5-6(8(10)11)3-2-4-7(5)9(12)13;1-2-5-4-6(5)3-1;1-2-3/h2-4H,1H3,(H,10,11)(H,12,13);1-4H;2-3H2,1H3. The molecule has 0 aliphatic heterocycles. The number of nitrogens with two attached hydrogens (primary N) is 1. The molecule has 116 valence electrons. The summed E-state index contributed by atoms with van der Waals surface area (Å²) >= 11 is 0. The molecule has 0 saturated heterocycles. The number of hydrogen-bond acceptors (Lipinski definition) is 3. The number of carboxylic acid groups (broad SMARTS) is 2. The first-order valence-corrected chi connectivity index (χ1v) is 6.79. The van der Waals surface area contributed by atoms with Gasteiger partial charge in [-0.15, -0.1) is 0 Å². The lowest BCUT2D eigenvalue weighted by Crippen LogP contribution is -2.06. The Kier molecular flexibility index (Phi) is 6.28. The third-order valence-corrected chi connectivity index (χ3v) is 2.91. The van der Waals surface area contributed by atoms with Crippen LogP contribution in [-0.4, -0.2) is 28.7 Å². The zero-order chi connectivity index (χ0) is 16.7. The molecule has 0 amide bonds. The highest BCUT2D eigenvalue weighted by Gasteiger charge is 2.13. The Labute approximate surface area is 129 Å². The summed E-state index contributed by atoms with van der Waals surface area (Å²) in [6.07, 6.45) is 0. The van der Waals surface area contributed by atoms with Crippen LogP contribution in [0.2, 0.25) is 0 Å². The van der Waals surface area contributed by atoms with Gasteiger partial charge in [0.05, 0.1) is 11.1 Å². The van der Waals surface area contributed by atoms with E-state index < -0.39 is 11.9 Å². The molecule has 1 aromatic rings. The molecule has 0 radical (unpaired) electrons. The SMILES string of the molecule is CCN.Cc1c(C(=O)O)cccc1C(=O)O.c1cc2cc-2c1. The van der Waals surface area contributed by atoms with Crippen molar-refractivity contribution in [3.05, 3.63) is 59.2 Å². The van der Waals surface area contributed by atoms with E-state index in [1.54, 1.807) is 0 Å². The van der Waals surface area contributed by atoms with Gasteiger partial charge < -0.3 is 15.9 Å². The highest BCUT2D eigenvalue weighted by Crippen LogP contribution is 2.32. The zero-order valence-corrected chi connectivity index (χ0v) is 12.5. The normalized spacial score (nSPS) is 9.59. The van der Waals surface area contributed by atoms with Crippen LogP contribution in [0, 0.1) is 6.92 Å². The van der Waals surface area contributed by atoms with Crippen LogP contribution in [0.15, 0.2) is 42.5 Å². The third-order valence-electron chi connectivity index (χ3n) is 2.91. The van der Waals surface area contributed by atoms with E-state index in [1.165, 1.54) is 36.2 Å². The Balaban J connectivity index is 0.000000219. The molecule has 5 nitrogen and oxygen atoms in total. The van der Waals surface area contributed by atoms with Gasteiger partial charge in [0.25, 0.3) is 0 Å². The Bertz CT molecular complexity index is 631. The van der Waals surface area contributed by atoms with Crippen molar-refractivity contribution in [2.75, 3.05) is 6.54 Å². The summed E-state index contributed by atoms with van der Waals surface area (Å²) in [5, 5.41) is 17.4. The molecule has 22 heavy (non-hydrogen) atoms.